The molecule has 0 aliphatic carbocycles. The van der Waals surface area contributed by atoms with Crippen LogP contribution in [0.15, 0.2) is 36.5 Å². The summed E-state index contributed by atoms with van der Waals surface area (Å²) < 4.78 is 1.79. The number of nitrogens with two attached hydrogens (primary N) is 1. The maximum atomic E-state index is 10.6. The van der Waals surface area contributed by atoms with Gasteiger partial charge < -0.3 is 11.2 Å². The standard InChI is InChI=1S/C10H11N3O.ClH/c11-10(14)7-12-13-6-5-8-3-1-2-4-9(8)13;/h1-6,12H,7H2,(H2,11,14);1H. The summed E-state index contributed by atoms with van der Waals surface area (Å²) in [4.78, 5) is 10.6. The number of para-hydroxylation sites is 1. The zero-order chi connectivity index (χ0) is 9.97. The van der Waals surface area contributed by atoms with Crippen LogP contribution in [0.3, 0.4) is 0 Å². The molecule has 4 nitrogen and oxygen atoms in total. The van der Waals surface area contributed by atoms with Crippen LogP contribution in [-0.4, -0.2) is 17.1 Å². The third-order valence-corrected chi connectivity index (χ3v) is 2.02. The average Bonchev–Trinajstić information content (AvgIpc) is 2.58. The summed E-state index contributed by atoms with van der Waals surface area (Å²) in [6, 6.07) is 9.88. The lowest BCUT2D eigenvalue weighted by Crippen LogP contribution is -2.27. The maximum absolute atomic E-state index is 10.6. The highest BCUT2D eigenvalue weighted by Gasteiger charge is 1.99. The van der Waals surface area contributed by atoms with Gasteiger partial charge in [0, 0.05) is 11.6 Å². The fourth-order valence-electron chi connectivity index (χ4n) is 1.38. The van der Waals surface area contributed by atoms with Gasteiger partial charge in [-0.1, -0.05) is 18.2 Å². The van der Waals surface area contributed by atoms with Crippen molar-refractivity contribution in [2.24, 2.45) is 5.73 Å². The van der Waals surface area contributed by atoms with E-state index in [2.05, 4.69) is 5.43 Å². The Morgan fingerprint density at radius 2 is 2.07 bits per heavy atom. The Morgan fingerprint density at radius 1 is 1.33 bits per heavy atom. The lowest BCUT2D eigenvalue weighted by atomic mass is 10.3. The van der Waals surface area contributed by atoms with Crippen molar-refractivity contribution in [1.82, 2.24) is 4.68 Å². The van der Waals surface area contributed by atoms with Crippen LogP contribution in [0.5, 0.6) is 0 Å². The molecule has 1 aromatic heterocycles. The van der Waals surface area contributed by atoms with Crippen molar-refractivity contribution in [2.45, 2.75) is 0 Å². The summed E-state index contributed by atoms with van der Waals surface area (Å²) in [6.07, 6.45) is 1.87. The van der Waals surface area contributed by atoms with E-state index < -0.39 is 0 Å². The predicted molar refractivity (Wildman–Crippen MR) is 62.6 cm³/mol. The van der Waals surface area contributed by atoms with Crippen LogP contribution in [-0.2, 0) is 4.79 Å². The van der Waals surface area contributed by atoms with E-state index in [0.29, 0.717) is 0 Å². The van der Waals surface area contributed by atoms with Gasteiger partial charge in [-0.25, -0.2) is 0 Å². The fourth-order valence-corrected chi connectivity index (χ4v) is 1.38. The van der Waals surface area contributed by atoms with Crippen molar-refractivity contribution in [3.63, 3.8) is 0 Å². The molecule has 0 spiro atoms. The van der Waals surface area contributed by atoms with Gasteiger partial charge in [-0.15, -0.1) is 12.4 Å². The summed E-state index contributed by atoms with van der Waals surface area (Å²) in [7, 11) is 0. The summed E-state index contributed by atoms with van der Waals surface area (Å²) in [5, 5.41) is 1.13. The van der Waals surface area contributed by atoms with Gasteiger partial charge in [0.1, 0.15) is 6.54 Å². The molecule has 0 unspecified atom stereocenters. The highest BCUT2D eigenvalue weighted by atomic mass is 35.5. The van der Waals surface area contributed by atoms with E-state index >= 15 is 0 Å². The Balaban J connectivity index is 0.00000112. The first kappa shape index (κ1) is 11.4. The molecular weight excluding hydrogens is 214 g/mol. The molecular formula is C10H12ClN3O. The molecule has 1 aromatic carbocycles. The Morgan fingerprint density at radius 3 is 2.80 bits per heavy atom. The Hall–Kier alpha value is -1.68. The fraction of sp³-hybridized carbons (Fsp3) is 0.100. The minimum Gasteiger partial charge on any atom is -0.368 e. The first-order valence-corrected chi connectivity index (χ1v) is 4.35. The smallest absolute Gasteiger partial charge is 0.238 e. The van der Waals surface area contributed by atoms with E-state index in [4.69, 9.17) is 5.73 Å². The molecule has 80 valence electrons. The van der Waals surface area contributed by atoms with Crippen molar-refractivity contribution in [2.75, 3.05) is 12.0 Å². The molecule has 3 N–H and O–H groups in total. The molecule has 1 heterocycles. The largest absolute Gasteiger partial charge is 0.368 e. The van der Waals surface area contributed by atoms with Gasteiger partial charge in [-0.05, 0) is 12.1 Å². The summed E-state index contributed by atoms with van der Waals surface area (Å²) >= 11 is 0. The van der Waals surface area contributed by atoms with E-state index in [9.17, 15) is 4.79 Å². The monoisotopic (exact) mass is 225 g/mol. The second-order valence-corrected chi connectivity index (χ2v) is 3.05. The number of carbonyl (C=O) groups excluding carboxylic acids is 1. The van der Waals surface area contributed by atoms with Gasteiger partial charge >= 0.3 is 0 Å². The quantitative estimate of drug-likeness (QED) is 0.822. The molecule has 5 heteroatoms. The number of hydrogen-bond donors (Lipinski definition) is 2. The van der Waals surface area contributed by atoms with Crippen LogP contribution < -0.4 is 11.2 Å². The van der Waals surface area contributed by atoms with Crippen LogP contribution in [0.4, 0.5) is 0 Å². The van der Waals surface area contributed by atoms with Gasteiger partial charge in [0.15, 0.2) is 0 Å². The molecule has 15 heavy (non-hydrogen) atoms. The number of hydrogen-bond acceptors (Lipinski definition) is 2. The number of fused-ring (bicyclic) bond motifs is 1. The maximum Gasteiger partial charge on any atom is 0.238 e. The van der Waals surface area contributed by atoms with Crippen LogP contribution >= 0.6 is 12.4 Å². The van der Waals surface area contributed by atoms with Crippen molar-refractivity contribution in [1.29, 1.82) is 0 Å². The molecule has 2 rings (SSSR count). The second kappa shape index (κ2) is 4.70. The van der Waals surface area contributed by atoms with E-state index in [1.807, 2.05) is 36.5 Å². The number of benzene rings is 1. The number of rotatable bonds is 3. The van der Waals surface area contributed by atoms with Crippen LogP contribution in [0.25, 0.3) is 10.9 Å². The Kier molecular flexibility index (Phi) is 3.57. The third kappa shape index (κ3) is 2.41. The molecule has 1 amide bonds. The minimum atomic E-state index is -0.372. The Labute approximate surface area is 93.4 Å². The molecule has 0 bridgehead atoms. The number of aromatic nitrogens is 1. The van der Waals surface area contributed by atoms with Gasteiger partial charge in [0.25, 0.3) is 0 Å². The van der Waals surface area contributed by atoms with Gasteiger partial charge in [0.05, 0.1) is 5.52 Å². The summed E-state index contributed by atoms with van der Waals surface area (Å²) in [6.45, 7) is 0.138. The van der Waals surface area contributed by atoms with Gasteiger partial charge in [-0.3, -0.25) is 9.47 Å². The van der Waals surface area contributed by atoms with E-state index in [-0.39, 0.29) is 24.9 Å². The first-order valence-electron chi connectivity index (χ1n) is 4.35. The first-order chi connectivity index (χ1) is 6.77. The molecule has 0 radical (unpaired) electrons. The lowest BCUT2D eigenvalue weighted by Gasteiger charge is -2.06. The van der Waals surface area contributed by atoms with Crippen LogP contribution in [0, 0.1) is 0 Å². The number of carbonyl (C=O) groups is 1. The third-order valence-electron chi connectivity index (χ3n) is 2.02. The molecule has 0 aliphatic heterocycles. The number of nitrogens with one attached hydrogen (secondary N) is 1. The highest BCUT2D eigenvalue weighted by molar-refractivity contribution is 5.85. The number of halogens is 1. The average molecular weight is 226 g/mol. The summed E-state index contributed by atoms with van der Waals surface area (Å²) in [5.74, 6) is -0.372. The zero-order valence-corrected chi connectivity index (χ0v) is 8.83. The normalized spacial score (nSPS) is 9.60. The second-order valence-electron chi connectivity index (χ2n) is 3.05. The molecule has 0 fully saturated rings. The molecule has 0 saturated heterocycles. The minimum absolute atomic E-state index is 0. The SMILES string of the molecule is Cl.NC(=O)CNn1ccc2ccccc21. The van der Waals surface area contributed by atoms with E-state index in [1.165, 1.54) is 0 Å². The molecule has 0 aliphatic rings. The number of nitrogens with zero attached hydrogens (tertiary/aromatic N) is 1. The van der Waals surface area contributed by atoms with Crippen molar-refractivity contribution >= 4 is 29.2 Å². The summed E-state index contributed by atoms with van der Waals surface area (Å²) in [5.41, 5.74) is 8.98. The van der Waals surface area contributed by atoms with Crippen molar-refractivity contribution in [3.8, 4) is 0 Å². The zero-order valence-electron chi connectivity index (χ0n) is 8.01. The molecule has 0 saturated carbocycles. The molecule has 0 atom stereocenters. The van der Waals surface area contributed by atoms with Gasteiger partial charge in [-0.2, -0.15) is 0 Å². The Bertz CT molecular complexity index is 466. The predicted octanol–water partition coefficient (Wildman–Crippen LogP) is 1.09. The lowest BCUT2D eigenvalue weighted by molar-refractivity contribution is -0.116. The van der Waals surface area contributed by atoms with Crippen LogP contribution in [0.2, 0.25) is 0 Å². The van der Waals surface area contributed by atoms with Crippen molar-refractivity contribution in [3.05, 3.63) is 36.5 Å². The van der Waals surface area contributed by atoms with Crippen LogP contribution in [0.1, 0.15) is 0 Å². The number of primary amides is 1. The molecule has 2 aromatic rings. The topological polar surface area (TPSA) is 60.1 Å². The van der Waals surface area contributed by atoms with Crippen molar-refractivity contribution < 1.29 is 4.79 Å². The number of amides is 1. The van der Waals surface area contributed by atoms with E-state index in [0.717, 1.165) is 10.9 Å². The highest BCUT2D eigenvalue weighted by Crippen LogP contribution is 2.12. The van der Waals surface area contributed by atoms with E-state index in [1.54, 1.807) is 4.68 Å². The van der Waals surface area contributed by atoms with Gasteiger partial charge in [0.2, 0.25) is 5.91 Å².